The molecule has 0 aromatic carbocycles. The molecule has 0 aliphatic rings. The lowest BCUT2D eigenvalue weighted by molar-refractivity contribution is -0.139. The monoisotopic (exact) mass is 224 g/mol. The van der Waals surface area contributed by atoms with Gasteiger partial charge in [-0.3, -0.25) is 4.79 Å². The number of rotatable bonds is 7. The summed E-state index contributed by atoms with van der Waals surface area (Å²) in [6, 6.07) is 0. The smallest absolute Gasteiger partial charge is 0.302 e. The first kappa shape index (κ1) is 14.9. The van der Waals surface area contributed by atoms with Crippen LogP contribution in [0.2, 0.25) is 0 Å². The lowest BCUT2D eigenvalue weighted by Crippen LogP contribution is -1.98. The van der Waals surface area contributed by atoms with E-state index in [-0.39, 0.29) is 5.97 Å². The van der Waals surface area contributed by atoms with E-state index in [9.17, 15) is 4.79 Å². The van der Waals surface area contributed by atoms with Gasteiger partial charge in [-0.1, -0.05) is 24.1 Å². The zero-order valence-corrected chi connectivity index (χ0v) is 11.0. The van der Waals surface area contributed by atoms with Gasteiger partial charge >= 0.3 is 5.97 Å². The third-order valence-corrected chi connectivity index (χ3v) is 2.54. The first-order valence-corrected chi connectivity index (χ1v) is 6.00. The molecule has 2 heteroatoms. The van der Waals surface area contributed by atoms with Crippen molar-refractivity contribution in [1.29, 1.82) is 0 Å². The lowest BCUT2D eigenvalue weighted by Gasteiger charge is -2.01. The summed E-state index contributed by atoms with van der Waals surface area (Å²) < 4.78 is 4.85. The van der Waals surface area contributed by atoms with Gasteiger partial charge in [0.15, 0.2) is 0 Å². The van der Waals surface area contributed by atoms with Crippen molar-refractivity contribution >= 4 is 5.97 Å². The maximum atomic E-state index is 10.5. The Hall–Kier alpha value is -1.05. The minimum absolute atomic E-state index is 0.217. The first-order chi connectivity index (χ1) is 7.56. The Bertz CT molecular complexity index is 262. The Morgan fingerprint density at radius 1 is 1.12 bits per heavy atom. The quantitative estimate of drug-likeness (QED) is 0.371. The molecule has 0 aromatic rings. The van der Waals surface area contributed by atoms with Crippen molar-refractivity contribution in [3.8, 4) is 0 Å². The Balaban J connectivity index is 3.64. The Morgan fingerprint density at radius 2 is 1.81 bits per heavy atom. The van der Waals surface area contributed by atoms with E-state index in [0.717, 1.165) is 19.3 Å². The SMILES string of the molecule is CC/C(C)=C/CCC/C(C)=C/COC(C)=O. The van der Waals surface area contributed by atoms with E-state index < -0.39 is 0 Å². The molecular formula is C14H24O2. The molecule has 16 heavy (non-hydrogen) atoms. The van der Waals surface area contributed by atoms with Crippen molar-refractivity contribution in [2.75, 3.05) is 6.61 Å². The molecule has 0 amide bonds. The fraction of sp³-hybridized carbons (Fsp3) is 0.643. The largest absolute Gasteiger partial charge is 0.462 e. The van der Waals surface area contributed by atoms with Gasteiger partial charge in [-0.2, -0.15) is 0 Å². The van der Waals surface area contributed by atoms with Crippen molar-refractivity contribution in [3.63, 3.8) is 0 Å². The van der Waals surface area contributed by atoms with Gasteiger partial charge in [0.05, 0.1) is 0 Å². The summed E-state index contributed by atoms with van der Waals surface area (Å²) in [5, 5.41) is 0. The molecular weight excluding hydrogens is 200 g/mol. The molecule has 0 saturated carbocycles. The van der Waals surface area contributed by atoms with Gasteiger partial charge in [0.1, 0.15) is 6.61 Å². The summed E-state index contributed by atoms with van der Waals surface area (Å²) in [7, 11) is 0. The summed E-state index contributed by atoms with van der Waals surface area (Å²) in [5.41, 5.74) is 2.75. The highest BCUT2D eigenvalue weighted by Crippen LogP contribution is 2.09. The van der Waals surface area contributed by atoms with E-state index in [0.29, 0.717) is 6.61 Å². The zero-order chi connectivity index (χ0) is 12.4. The number of ether oxygens (including phenoxy) is 1. The topological polar surface area (TPSA) is 26.3 Å². The summed E-state index contributed by atoms with van der Waals surface area (Å²) in [5.74, 6) is -0.217. The predicted molar refractivity (Wildman–Crippen MR) is 68.3 cm³/mol. The number of esters is 1. The highest BCUT2D eigenvalue weighted by Gasteiger charge is 1.92. The van der Waals surface area contributed by atoms with Crippen molar-refractivity contribution in [3.05, 3.63) is 23.3 Å². The Labute approximate surface area is 99.4 Å². The number of hydrogen-bond donors (Lipinski definition) is 0. The van der Waals surface area contributed by atoms with Crippen LogP contribution in [0.25, 0.3) is 0 Å². The normalized spacial score (nSPS) is 12.8. The molecule has 0 saturated heterocycles. The summed E-state index contributed by atoms with van der Waals surface area (Å²) in [6.07, 6.45) is 8.81. The van der Waals surface area contributed by atoms with E-state index in [1.54, 1.807) is 0 Å². The molecule has 0 N–H and O–H groups in total. The maximum absolute atomic E-state index is 10.5. The second-order valence-corrected chi connectivity index (χ2v) is 4.15. The highest BCUT2D eigenvalue weighted by atomic mass is 16.5. The van der Waals surface area contributed by atoms with E-state index in [1.165, 1.54) is 24.5 Å². The second-order valence-electron chi connectivity index (χ2n) is 4.15. The summed E-state index contributed by atoms with van der Waals surface area (Å²) in [4.78, 5) is 10.5. The molecule has 0 bridgehead atoms. The molecule has 0 spiro atoms. The van der Waals surface area contributed by atoms with Crippen LogP contribution in [0.15, 0.2) is 23.3 Å². The Kier molecular flexibility index (Phi) is 8.59. The zero-order valence-electron chi connectivity index (χ0n) is 11.0. The van der Waals surface area contributed by atoms with Gasteiger partial charge in [0, 0.05) is 6.92 Å². The van der Waals surface area contributed by atoms with Gasteiger partial charge in [0.25, 0.3) is 0 Å². The molecule has 0 unspecified atom stereocenters. The average Bonchev–Trinajstić information content (AvgIpc) is 2.23. The fourth-order valence-electron chi connectivity index (χ4n) is 1.28. The van der Waals surface area contributed by atoms with Crippen molar-refractivity contribution in [2.45, 2.75) is 53.4 Å². The summed E-state index contributed by atoms with van der Waals surface area (Å²) in [6.45, 7) is 8.27. The molecule has 2 nitrogen and oxygen atoms in total. The van der Waals surface area contributed by atoms with Crippen molar-refractivity contribution < 1.29 is 9.53 Å². The number of carbonyl (C=O) groups excluding carboxylic acids is 1. The molecule has 0 heterocycles. The van der Waals surface area contributed by atoms with E-state index in [2.05, 4.69) is 26.8 Å². The van der Waals surface area contributed by atoms with Crippen molar-refractivity contribution in [2.24, 2.45) is 0 Å². The third-order valence-electron chi connectivity index (χ3n) is 2.54. The van der Waals surface area contributed by atoms with Crippen LogP contribution in [0.3, 0.4) is 0 Å². The molecule has 0 aliphatic heterocycles. The van der Waals surface area contributed by atoms with Gasteiger partial charge in [-0.15, -0.1) is 0 Å². The molecule has 0 atom stereocenters. The van der Waals surface area contributed by atoms with Crippen molar-refractivity contribution in [1.82, 2.24) is 0 Å². The van der Waals surface area contributed by atoms with Crippen LogP contribution < -0.4 is 0 Å². The molecule has 0 fully saturated rings. The van der Waals surface area contributed by atoms with Crippen LogP contribution in [0.5, 0.6) is 0 Å². The molecule has 0 rings (SSSR count). The molecule has 0 aliphatic carbocycles. The van der Waals surface area contributed by atoms with Crippen LogP contribution >= 0.6 is 0 Å². The van der Waals surface area contributed by atoms with E-state index in [1.807, 2.05) is 6.08 Å². The standard InChI is InChI=1S/C14H24O2/c1-5-12(2)8-6-7-9-13(3)10-11-16-14(4)15/h8,10H,5-7,9,11H2,1-4H3/b12-8+,13-10+. The van der Waals surface area contributed by atoms with Crippen LogP contribution in [0, 0.1) is 0 Å². The molecule has 0 aromatic heterocycles. The molecule has 92 valence electrons. The average molecular weight is 224 g/mol. The fourth-order valence-corrected chi connectivity index (χ4v) is 1.28. The van der Waals surface area contributed by atoms with Crippen LogP contribution in [-0.4, -0.2) is 12.6 Å². The lowest BCUT2D eigenvalue weighted by atomic mass is 10.1. The second kappa shape index (κ2) is 9.20. The minimum atomic E-state index is -0.217. The maximum Gasteiger partial charge on any atom is 0.302 e. The van der Waals surface area contributed by atoms with Gasteiger partial charge in [0.2, 0.25) is 0 Å². The molecule has 0 radical (unpaired) electrons. The highest BCUT2D eigenvalue weighted by molar-refractivity contribution is 5.66. The number of allylic oxidation sites excluding steroid dienone is 3. The number of unbranched alkanes of at least 4 members (excludes halogenated alkanes) is 1. The first-order valence-electron chi connectivity index (χ1n) is 6.00. The van der Waals surface area contributed by atoms with Gasteiger partial charge in [-0.05, 0) is 45.6 Å². The Morgan fingerprint density at radius 3 is 2.38 bits per heavy atom. The number of carbonyl (C=O) groups is 1. The van der Waals surface area contributed by atoms with Crippen LogP contribution in [0.1, 0.15) is 53.4 Å². The third kappa shape index (κ3) is 9.50. The summed E-state index contributed by atoms with van der Waals surface area (Å²) >= 11 is 0. The predicted octanol–water partition coefficient (Wildman–Crippen LogP) is 4.02. The van der Waals surface area contributed by atoms with Crippen LogP contribution in [-0.2, 0) is 9.53 Å². The van der Waals surface area contributed by atoms with Gasteiger partial charge < -0.3 is 4.74 Å². The minimum Gasteiger partial charge on any atom is -0.462 e. The van der Waals surface area contributed by atoms with E-state index >= 15 is 0 Å². The van der Waals surface area contributed by atoms with Crippen LogP contribution in [0.4, 0.5) is 0 Å². The van der Waals surface area contributed by atoms with Gasteiger partial charge in [-0.25, -0.2) is 0 Å². The van der Waals surface area contributed by atoms with E-state index in [4.69, 9.17) is 4.74 Å². The number of hydrogen-bond acceptors (Lipinski definition) is 2.